The molecule has 2 aliphatic carbocycles. The van der Waals surface area contributed by atoms with E-state index in [1.807, 2.05) is 47.4 Å². The number of imidazole rings is 2. The molecule has 6 heterocycles. The lowest BCUT2D eigenvalue weighted by Crippen LogP contribution is -2.51. The maximum atomic E-state index is 16.9. The summed E-state index contributed by atoms with van der Waals surface area (Å²) in [5.74, 6) is -0.143. The highest BCUT2D eigenvalue weighted by Gasteiger charge is 2.43. The Hall–Kier alpha value is -7.24. The molecule has 2 aromatic heterocycles. The topological polar surface area (TPSA) is 203 Å². The highest BCUT2D eigenvalue weighted by Crippen LogP contribution is 2.49. The van der Waals surface area contributed by atoms with Crippen molar-refractivity contribution < 1.29 is 38.2 Å². The van der Waals surface area contributed by atoms with Gasteiger partial charge >= 0.3 is 12.2 Å². The van der Waals surface area contributed by atoms with E-state index in [2.05, 4.69) is 49.8 Å². The van der Waals surface area contributed by atoms with E-state index in [-0.39, 0.29) is 53.5 Å². The number of halogens is 2. The number of carbonyl (C=O) groups excluding carboxylic acids is 2. The number of hydrogen-bond donors (Lipinski definition) is 6. The smallest absolute Gasteiger partial charge is 0.405 e. The van der Waals surface area contributed by atoms with E-state index in [9.17, 15) is 29.4 Å². The molecule has 4 saturated heterocycles. The Labute approximate surface area is 446 Å². The van der Waals surface area contributed by atoms with Gasteiger partial charge in [0.1, 0.15) is 29.4 Å². The zero-order chi connectivity index (χ0) is 52.9. The number of amides is 4. The molecule has 77 heavy (non-hydrogen) atoms. The number of piperidine rings is 1. The molecule has 6 fully saturated rings. The molecule has 0 bridgehead atoms. The fourth-order valence-corrected chi connectivity index (χ4v) is 14.4. The average molecular weight is 1050 g/mol. The van der Waals surface area contributed by atoms with E-state index in [0.717, 1.165) is 99.2 Å². The third-order valence-electron chi connectivity index (χ3n) is 18.1. The first-order valence-electron chi connectivity index (χ1n) is 28.1. The maximum Gasteiger partial charge on any atom is 0.405 e. The molecular formula is C59H68F2N10O6. The van der Waals surface area contributed by atoms with Crippen LogP contribution in [0.5, 0.6) is 0 Å². The van der Waals surface area contributed by atoms with E-state index >= 15 is 8.78 Å². The molecule has 0 radical (unpaired) electrons. The minimum atomic E-state index is -1.20. The first kappa shape index (κ1) is 50.6. The molecule has 16 nitrogen and oxygen atoms in total. The molecule has 12 rings (SSSR count). The summed E-state index contributed by atoms with van der Waals surface area (Å²) < 4.78 is 33.7. The summed E-state index contributed by atoms with van der Waals surface area (Å²) in [6, 6.07) is 22.4. The second-order valence-corrected chi connectivity index (χ2v) is 22.6. The second-order valence-electron chi connectivity index (χ2n) is 22.6. The molecule has 6 aliphatic rings. The van der Waals surface area contributed by atoms with Crippen molar-refractivity contribution in [3.8, 4) is 0 Å². The molecule has 18 heteroatoms. The zero-order valence-electron chi connectivity index (χ0n) is 43.3. The minimum Gasteiger partial charge on any atom is -0.465 e. The molecule has 4 amide bonds. The van der Waals surface area contributed by atoms with Crippen LogP contribution in [0.4, 0.5) is 29.7 Å². The van der Waals surface area contributed by atoms with Crippen LogP contribution in [0.15, 0.2) is 78.9 Å². The Kier molecular flexibility index (Phi) is 14.0. The summed E-state index contributed by atoms with van der Waals surface area (Å²) >= 11 is 0. The number of nitrogens with zero attached hydrogens (tertiary/aromatic N) is 6. The minimum absolute atomic E-state index is 0.00846. The van der Waals surface area contributed by atoms with Crippen LogP contribution in [0.25, 0.3) is 22.1 Å². The lowest BCUT2D eigenvalue weighted by molar-refractivity contribution is -0.136. The van der Waals surface area contributed by atoms with Gasteiger partial charge in [-0.25, -0.2) is 28.3 Å². The number of carboxylic acid groups (broad SMARTS) is 2. The Morgan fingerprint density at radius 3 is 1.45 bits per heavy atom. The quantitative estimate of drug-likeness (QED) is 0.0646. The first-order valence-corrected chi connectivity index (χ1v) is 28.1. The predicted molar refractivity (Wildman–Crippen MR) is 288 cm³/mol. The van der Waals surface area contributed by atoms with Gasteiger partial charge in [-0.05, 0) is 148 Å². The number of nitrogens with one attached hydrogen (secondary N) is 4. The Balaban J connectivity index is 0.852. The van der Waals surface area contributed by atoms with Gasteiger partial charge in [-0.3, -0.25) is 9.59 Å². The molecule has 4 aliphatic heterocycles. The summed E-state index contributed by atoms with van der Waals surface area (Å²) in [4.78, 5) is 76.8. The third-order valence-corrected chi connectivity index (χ3v) is 18.1. The number of likely N-dealkylation sites (tertiary alicyclic amines) is 2. The van der Waals surface area contributed by atoms with Crippen molar-refractivity contribution in [1.29, 1.82) is 0 Å². The van der Waals surface area contributed by atoms with Crippen LogP contribution in [-0.4, -0.2) is 102 Å². The summed E-state index contributed by atoms with van der Waals surface area (Å²) in [7, 11) is 0. The van der Waals surface area contributed by atoms with Gasteiger partial charge in [-0.1, -0.05) is 68.1 Å². The van der Waals surface area contributed by atoms with Crippen molar-refractivity contribution in [2.75, 3.05) is 36.0 Å². The number of aromatic nitrogens is 4. The number of benzene rings is 4. The van der Waals surface area contributed by atoms with Crippen molar-refractivity contribution in [3.63, 3.8) is 0 Å². The van der Waals surface area contributed by atoms with Gasteiger partial charge in [0.2, 0.25) is 11.8 Å². The van der Waals surface area contributed by atoms with Gasteiger partial charge in [-0.2, -0.15) is 0 Å². The average Bonchev–Trinajstić information content (AvgIpc) is 4.38. The van der Waals surface area contributed by atoms with Crippen molar-refractivity contribution in [1.82, 2.24) is 40.4 Å². The lowest BCUT2D eigenvalue weighted by Gasteiger charge is -2.36. The van der Waals surface area contributed by atoms with E-state index in [1.54, 1.807) is 9.80 Å². The van der Waals surface area contributed by atoms with E-state index < -0.39 is 35.9 Å². The Bertz CT molecular complexity index is 2990. The van der Waals surface area contributed by atoms with Crippen LogP contribution < -0.4 is 20.4 Å². The summed E-state index contributed by atoms with van der Waals surface area (Å²) in [5.41, 5.74) is 6.48. The molecule has 0 spiro atoms. The first-order chi connectivity index (χ1) is 37.4. The van der Waals surface area contributed by atoms with Crippen molar-refractivity contribution in [2.45, 2.75) is 145 Å². The Morgan fingerprint density at radius 1 is 0.532 bits per heavy atom. The summed E-state index contributed by atoms with van der Waals surface area (Å²) in [5, 5.41) is 24.6. The van der Waals surface area contributed by atoms with Crippen molar-refractivity contribution in [2.24, 2.45) is 11.8 Å². The fourth-order valence-electron chi connectivity index (χ4n) is 14.4. The number of fused-ring (bicyclic) bond motifs is 2. The predicted octanol–water partition coefficient (Wildman–Crippen LogP) is 11.2. The standard InChI is InChI=1S/C59H68F2N10O6/c60-41-32-40(33-42(61)53(41)68-28-24-35(25-29-68)34-10-2-1-3-11-34)71-47(38-18-20-43-45(30-38)64-54(62-43)49-16-8-26-69(49)56(72)51(66-58(74)75)36-12-4-5-13-36)22-23-48(71)39-19-21-44-46(31-39)65-55(63-44)50-17-9-27-70(50)57(73)52(67-59(76)77)37-14-6-7-15-37/h1-3,10-11,18-21,30-33,35-37,47-52,66-67H,4-9,12-17,22-29H2,(H,62,64)(H,63,65)(H,74,75)(H,76,77)/t47-,48-,49+,50+,51+,52+/m1/s1. The van der Waals surface area contributed by atoms with Gasteiger partial charge in [0.25, 0.3) is 0 Å². The third kappa shape index (κ3) is 9.92. The normalized spacial score (nSPS) is 23.4. The van der Waals surface area contributed by atoms with Crippen LogP contribution in [0, 0.1) is 23.5 Å². The van der Waals surface area contributed by atoms with Gasteiger partial charge < -0.3 is 50.4 Å². The van der Waals surface area contributed by atoms with Crippen LogP contribution >= 0.6 is 0 Å². The fraction of sp³-hybridized carbons (Fsp3) is 0.492. The number of aromatic amines is 2. The van der Waals surface area contributed by atoms with Gasteiger partial charge in [-0.15, -0.1) is 0 Å². The monoisotopic (exact) mass is 1050 g/mol. The number of hydrogen-bond acceptors (Lipinski definition) is 8. The molecule has 4 aromatic carbocycles. The highest BCUT2D eigenvalue weighted by molar-refractivity contribution is 5.87. The van der Waals surface area contributed by atoms with Crippen LogP contribution in [0.3, 0.4) is 0 Å². The lowest BCUT2D eigenvalue weighted by atomic mass is 9.89. The summed E-state index contributed by atoms with van der Waals surface area (Å²) in [6.07, 6.45) is 10.5. The van der Waals surface area contributed by atoms with E-state index in [1.165, 1.54) is 17.7 Å². The SMILES string of the molecule is O=C(O)N[C@H](C(=O)N1CCC[C@H]1c1nc2ccc([C@H]3CC[C@H](c4ccc5nc([C@@H]6CCCN6C(=O)[C@@H](NC(=O)O)C6CCCC6)[nH]c5c4)N3c3cc(F)c(N4CCC(c5ccccc5)CC4)c(F)c3)cc2[nH]1)C1CCCC1. The largest absolute Gasteiger partial charge is 0.465 e. The molecule has 6 atom stereocenters. The van der Waals surface area contributed by atoms with Gasteiger partial charge in [0.05, 0.1) is 46.2 Å². The van der Waals surface area contributed by atoms with E-state index in [0.29, 0.717) is 86.1 Å². The molecular weight excluding hydrogens is 983 g/mol. The van der Waals surface area contributed by atoms with Gasteiger partial charge in [0.15, 0.2) is 11.6 Å². The summed E-state index contributed by atoms with van der Waals surface area (Å²) in [6.45, 7) is 2.06. The van der Waals surface area contributed by atoms with Crippen molar-refractivity contribution in [3.05, 3.63) is 119 Å². The number of H-pyrrole nitrogens is 2. The van der Waals surface area contributed by atoms with Crippen LogP contribution in [-0.2, 0) is 9.59 Å². The molecule has 6 aromatic rings. The van der Waals surface area contributed by atoms with Crippen LogP contribution in [0.2, 0.25) is 0 Å². The number of rotatable bonds is 13. The molecule has 0 unspecified atom stereocenters. The van der Waals surface area contributed by atoms with Crippen LogP contribution in [0.1, 0.15) is 161 Å². The second kappa shape index (κ2) is 21.3. The van der Waals surface area contributed by atoms with Crippen molar-refractivity contribution >= 4 is 57.4 Å². The van der Waals surface area contributed by atoms with E-state index in [4.69, 9.17) is 9.97 Å². The highest BCUT2D eigenvalue weighted by atomic mass is 19.1. The number of anilines is 2. The zero-order valence-corrected chi connectivity index (χ0v) is 43.3. The number of carbonyl (C=O) groups is 4. The Morgan fingerprint density at radius 2 is 1.00 bits per heavy atom. The molecule has 2 saturated carbocycles. The van der Waals surface area contributed by atoms with Gasteiger partial charge in [0, 0.05) is 31.9 Å². The molecule has 6 N–H and O–H groups in total. The molecule has 404 valence electrons. The maximum absolute atomic E-state index is 16.9.